The minimum absolute atomic E-state index is 0.107. The number of piperazine rings is 1. The summed E-state index contributed by atoms with van der Waals surface area (Å²) < 4.78 is 0. The summed E-state index contributed by atoms with van der Waals surface area (Å²) >= 11 is 11.9. The third-order valence-electron chi connectivity index (χ3n) is 5.14. The maximum atomic E-state index is 12.3. The van der Waals surface area contributed by atoms with Gasteiger partial charge in [0.15, 0.2) is 0 Å². The van der Waals surface area contributed by atoms with Gasteiger partial charge >= 0.3 is 5.69 Å². The molecule has 2 aromatic carbocycles. The van der Waals surface area contributed by atoms with Crippen molar-refractivity contribution >= 4 is 52.1 Å². The van der Waals surface area contributed by atoms with E-state index in [0.717, 1.165) is 5.69 Å². The Balaban J connectivity index is 1.48. The molecular weight excluding hydrogens is 469 g/mol. The largest absolute Gasteiger partial charge is 0.368 e. The van der Waals surface area contributed by atoms with Crippen LogP contribution in [0.2, 0.25) is 10.0 Å². The SMILES string of the molecule is O=C(NNc1ncnc(N2CCN(c3cccc(Cl)c3)CC2)c1[N+](=O)[O-])c1ccc(Cl)cc1. The number of halogens is 2. The maximum absolute atomic E-state index is 12.3. The average Bonchev–Trinajstić information content (AvgIpc) is 2.82. The van der Waals surface area contributed by atoms with Gasteiger partial charge in [0, 0.05) is 47.5 Å². The van der Waals surface area contributed by atoms with Crippen molar-refractivity contribution in [1.82, 2.24) is 15.4 Å². The number of amides is 1. The smallest absolute Gasteiger partial charge is 0.355 e. The van der Waals surface area contributed by atoms with Crippen molar-refractivity contribution in [3.05, 3.63) is 80.6 Å². The molecule has 1 saturated heterocycles. The van der Waals surface area contributed by atoms with E-state index in [9.17, 15) is 14.9 Å². The summed E-state index contributed by atoms with van der Waals surface area (Å²) in [5.41, 5.74) is 5.99. The highest BCUT2D eigenvalue weighted by molar-refractivity contribution is 6.31. The lowest BCUT2D eigenvalue weighted by Crippen LogP contribution is -2.47. The fourth-order valence-corrected chi connectivity index (χ4v) is 3.81. The molecule has 1 aromatic heterocycles. The molecule has 0 radical (unpaired) electrons. The number of hydrazine groups is 1. The molecule has 0 spiro atoms. The fourth-order valence-electron chi connectivity index (χ4n) is 3.50. The van der Waals surface area contributed by atoms with Crippen molar-refractivity contribution < 1.29 is 9.72 Å². The molecule has 33 heavy (non-hydrogen) atoms. The molecule has 0 saturated carbocycles. The molecule has 0 bridgehead atoms. The van der Waals surface area contributed by atoms with E-state index in [-0.39, 0.29) is 17.3 Å². The Hall–Kier alpha value is -3.63. The normalized spacial score (nSPS) is 13.5. The van der Waals surface area contributed by atoms with E-state index in [2.05, 4.69) is 25.7 Å². The Morgan fingerprint density at radius 2 is 1.67 bits per heavy atom. The van der Waals surface area contributed by atoms with E-state index in [1.54, 1.807) is 24.3 Å². The summed E-state index contributed by atoms with van der Waals surface area (Å²) in [6.07, 6.45) is 1.22. The predicted octanol–water partition coefficient (Wildman–Crippen LogP) is 3.78. The van der Waals surface area contributed by atoms with Crippen molar-refractivity contribution in [1.29, 1.82) is 0 Å². The van der Waals surface area contributed by atoms with Gasteiger partial charge in [-0.1, -0.05) is 29.3 Å². The van der Waals surface area contributed by atoms with Crippen LogP contribution in [0.25, 0.3) is 0 Å². The Morgan fingerprint density at radius 1 is 0.970 bits per heavy atom. The van der Waals surface area contributed by atoms with Gasteiger partial charge in [-0.25, -0.2) is 9.97 Å². The number of nitro groups is 1. The van der Waals surface area contributed by atoms with E-state index in [1.807, 2.05) is 29.2 Å². The molecule has 170 valence electrons. The van der Waals surface area contributed by atoms with Gasteiger partial charge in [0.2, 0.25) is 11.6 Å². The van der Waals surface area contributed by atoms with Gasteiger partial charge < -0.3 is 9.80 Å². The zero-order valence-corrected chi connectivity index (χ0v) is 18.8. The van der Waals surface area contributed by atoms with Gasteiger partial charge in [-0.3, -0.25) is 25.8 Å². The van der Waals surface area contributed by atoms with Gasteiger partial charge in [-0.2, -0.15) is 0 Å². The Labute approximate surface area is 199 Å². The molecule has 4 rings (SSSR count). The average molecular weight is 488 g/mol. The summed E-state index contributed by atoms with van der Waals surface area (Å²) in [6, 6.07) is 13.8. The second kappa shape index (κ2) is 9.88. The van der Waals surface area contributed by atoms with Crippen LogP contribution >= 0.6 is 23.2 Å². The number of hydrogen-bond donors (Lipinski definition) is 2. The van der Waals surface area contributed by atoms with Crippen LogP contribution in [0.1, 0.15) is 10.4 Å². The van der Waals surface area contributed by atoms with Crippen molar-refractivity contribution in [3.8, 4) is 0 Å². The molecule has 1 amide bonds. The fraction of sp³-hybridized carbons (Fsp3) is 0.190. The summed E-state index contributed by atoms with van der Waals surface area (Å²) in [6.45, 7) is 2.30. The number of nitrogens with zero attached hydrogens (tertiary/aromatic N) is 5. The number of aromatic nitrogens is 2. The number of carbonyl (C=O) groups excluding carboxylic acids is 1. The molecule has 1 fully saturated rings. The van der Waals surface area contributed by atoms with E-state index in [0.29, 0.717) is 41.8 Å². The summed E-state index contributed by atoms with van der Waals surface area (Å²) in [7, 11) is 0. The molecule has 2 heterocycles. The predicted molar refractivity (Wildman–Crippen MR) is 127 cm³/mol. The first-order chi connectivity index (χ1) is 15.9. The van der Waals surface area contributed by atoms with Gasteiger partial charge in [0.25, 0.3) is 5.91 Å². The molecular formula is C21H19Cl2N7O3. The molecule has 0 unspecified atom stereocenters. The summed E-state index contributed by atoms with van der Waals surface area (Å²) in [5, 5.41) is 13.0. The number of hydrogen-bond acceptors (Lipinski definition) is 8. The maximum Gasteiger partial charge on any atom is 0.355 e. The number of nitrogens with one attached hydrogen (secondary N) is 2. The van der Waals surface area contributed by atoms with Gasteiger partial charge in [-0.15, -0.1) is 0 Å². The third kappa shape index (κ3) is 5.24. The summed E-state index contributed by atoms with van der Waals surface area (Å²) in [4.78, 5) is 35.7. The standard InChI is InChI=1S/C21H19Cl2N7O3/c22-15-6-4-14(5-7-15)21(31)27-26-19-18(30(32)33)20(25-13-24-19)29-10-8-28(9-11-29)17-3-1-2-16(23)12-17/h1-7,12-13H,8-11H2,(H,27,31)(H,24,25,26). The zero-order valence-electron chi connectivity index (χ0n) is 17.2. The minimum atomic E-state index is -0.560. The van der Waals surface area contributed by atoms with Gasteiger partial charge in [0.05, 0.1) is 4.92 Å². The summed E-state index contributed by atoms with van der Waals surface area (Å²) in [5.74, 6) is -0.412. The van der Waals surface area contributed by atoms with Crippen LogP contribution in [0.3, 0.4) is 0 Å². The van der Waals surface area contributed by atoms with Crippen LogP contribution in [0.15, 0.2) is 54.9 Å². The molecule has 0 aliphatic carbocycles. The van der Waals surface area contributed by atoms with E-state index >= 15 is 0 Å². The quantitative estimate of drug-likeness (QED) is 0.398. The van der Waals surface area contributed by atoms with E-state index in [4.69, 9.17) is 23.2 Å². The van der Waals surface area contributed by atoms with Crippen molar-refractivity contribution in [2.45, 2.75) is 0 Å². The Morgan fingerprint density at radius 3 is 2.33 bits per heavy atom. The Bertz CT molecular complexity index is 1170. The van der Waals surface area contributed by atoms with Crippen LogP contribution in [-0.2, 0) is 0 Å². The van der Waals surface area contributed by atoms with Crippen LogP contribution < -0.4 is 20.7 Å². The van der Waals surface area contributed by atoms with Crippen molar-refractivity contribution in [2.75, 3.05) is 41.4 Å². The molecule has 0 atom stereocenters. The van der Waals surface area contributed by atoms with Crippen LogP contribution in [0.4, 0.5) is 23.0 Å². The number of rotatable bonds is 6. The van der Waals surface area contributed by atoms with Crippen LogP contribution in [-0.4, -0.2) is 47.0 Å². The first kappa shape index (κ1) is 22.6. The van der Waals surface area contributed by atoms with Gasteiger partial charge in [0.1, 0.15) is 6.33 Å². The number of carbonyl (C=O) groups is 1. The lowest BCUT2D eigenvalue weighted by molar-refractivity contribution is -0.383. The van der Waals surface area contributed by atoms with Crippen molar-refractivity contribution in [3.63, 3.8) is 0 Å². The minimum Gasteiger partial charge on any atom is -0.368 e. The first-order valence-corrected chi connectivity index (χ1v) is 10.7. The van der Waals surface area contributed by atoms with Crippen LogP contribution in [0.5, 0.6) is 0 Å². The van der Waals surface area contributed by atoms with Crippen molar-refractivity contribution in [2.24, 2.45) is 0 Å². The molecule has 1 aliphatic heterocycles. The molecule has 10 nitrogen and oxygen atoms in total. The second-order valence-electron chi connectivity index (χ2n) is 7.19. The van der Waals surface area contributed by atoms with Gasteiger partial charge in [-0.05, 0) is 42.5 Å². The molecule has 3 aromatic rings. The first-order valence-electron chi connectivity index (χ1n) is 9.99. The highest BCUT2D eigenvalue weighted by Gasteiger charge is 2.29. The monoisotopic (exact) mass is 487 g/mol. The molecule has 12 heteroatoms. The lowest BCUT2D eigenvalue weighted by Gasteiger charge is -2.36. The molecule has 2 N–H and O–H groups in total. The number of benzene rings is 2. The third-order valence-corrected chi connectivity index (χ3v) is 5.63. The highest BCUT2D eigenvalue weighted by Crippen LogP contribution is 2.32. The Kier molecular flexibility index (Phi) is 6.76. The topological polar surface area (TPSA) is 117 Å². The molecule has 1 aliphatic rings. The number of anilines is 3. The zero-order chi connectivity index (χ0) is 23.4. The van der Waals surface area contributed by atoms with E-state index < -0.39 is 10.8 Å². The lowest BCUT2D eigenvalue weighted by atomic mass is 10.2. The van der Waals surface area contributed by atoms with E-state index in [1.165, 1.54) is 6.33 Å². The highest BCUT2D eigenvalue weighted by atomic mass is 35.5. The second-order valence-corrected chi connectivity index (χ2v) is 8.06. The van der Waals surface area contributed by atoms with Crippen LogP contribution in [0, 0.1) is 10.1 Å².